The standard InChI is InChI=1S/C15H22N2O2.2ClH/c1-12-10-16-7-8-17(12)11-14-5-3-13(4-6-14)9-15(18)19-2;;/h3-6,12,16H,7-11H2,1-2H3;2*1H/t12-;;/m0../s1. The van der Waals surface area contributed by atoms with E-state index in [2.05, 4.69) is 34.0 Å². The van der Waals surface area contributed by atoms with Crippen molar-refractivity contribution in [2.45, 2.75) is 25.9 Å². The Kier molecular flexibility index (Phi) is 9.62. The number of rotatable bonds is 4. The third kappa shape index (κ3) is 6.22. The number of esters is 1. The summed E-state index contributed by atoms with van der Waals surface area (Å²) in [5, 5.41) is 3.39. The fraction of sp³-hybridized carbons (Fsp3) is 0.533. The smallest absolute Gasteiger partial charge is 0.309 e. The van der Waals surface area contributed by atoms with Crippen molar-refractivity contribution in [2.24, 2.45) is 0 Å². The molecule has 1 atom stereocenters. The molecule has 1 saturated heterocycles. The van der Waals surface area contributed by atoms with Gasteiger partial charge in [0, 0.05) is 32.2 Å². The van der Waals surface area contributed by atoms with Crippen LogP contribution in [0, 0.1) is 0 Å². The van der Waals surface area contributed by atoms with Crippen molar-refractivity contribution in [2.75, 3.05) is 26.7 Å². The molecule has 1 fully saturated rings. The minimum atomic E-state index is -0.191. The van der Waals surface area contributed by atoms with Gasteiger partial charge in [0.05, 0.1) is 13.5 Å². The largest absolute Gasteiger partial charge is 0.469 e. The number of benzene rings is 1. The summed E-state index contributed by atoms with van der Waals surface area (Å²) in [6, 6.07) is 8.81. The Morgan fingerprint density at radius 1 is 1.29 bits per heavy atom. The maximum atomic E-state index is 11.2. The van der Waals surface area contributed by atoms with Crippen LogP contribution in [0.1, 0.15) is 18.1 Å². The summed E-state index contributed by atoms with van der Waals surface area (Å²) in [5.74, 6) is -0.191. The van der Waals surface area contributed by atoms with E-state index in [-0.39, 0.29) is 30.8 Å². The number of methoxy groups -OCH3 is 1. The molecule has 1 heterocycles. The zero-order chi connectivity index (χ0) is 13.7. The Morgan fingerprint density at radius 3 is 2.48 bits per heavy atom. The van der Waals surface area contributed by atoms with Crippen LogP contribution in [0.3, 0.4) is 0 Å². The van der Waals surface area contributed by atoms with Crippen molar-refractivity contribution >= 4 is 30.8 Å². The zero-order valence-corrected chi connectivity index (χ0v) is 14.1. The van der Waals surface area contributed by atoms with Crippen LogP contribution in [0.2, 0.25) is 0 Å². The van der Waals surface area contributed by atoms with Gasteiger partial charge in [-0.05, 0) is 18.1 Å². The topological polar surface area (TPSA) is 41.6 Å². The Morgan fingerprint density at radius 2 is 1.90 bits per heavy atom. The van der Waals surface area contributed by atoms with Crippen molar-refractivity contribution in [3.63, 3.8) is 0 Å². The number of ether oxygens (including phenoxy) is 1. The highest BCUT2D eigenvalue weighted by Gasteiger charge is 2.17. The average molecular weight is 335 g/mol. The summed E-state index contributed by atoms with van der Waals surface area (Å²) in [5.41, 5.74) is 2.30. The van der Waals surface area contributed by atoms with Gasteiger partial charge in [-0.25, -0.2) is 0 Å². The average Bonchev–Trinajstić information content (AvgIpc) is 2.43. The molecule has 0 saturated carbocycles. The van der Waals surface area contributed by atoms with E-state index < -0.39 is 0 Å². The summed E-state index contributed by atoms with van der Waals surface area (Å²) >= 11 is 0. The minimum absolute atomic E-state index is 0. The molecule has 0 radical (unpaired) electrons. The molecule has 4 nitrogen and oxygen atoms in total. The van der Waals surface area contributed by atoms with Crippen LogP contribution in [0.15, 0.2) is 24.3 Å². The van der Waals surface area contributed by atoms with Crippen LogP contribution in [0.4, 0.5) is 0 Å². The van der Waals surface area contributed by atoms with Gasteiger partial charge in [-0.2, -0.15) is 0 Å². The molecule has 6 heteroatoms. The molecule has 0 bridgehead atoms. The molecular weight excluding hydrogens is 311 g/mol. The first-order valence-corrected chi connectivity index (χ1v) is 6.78. The molecule has 1 N–H and O–H groups in total. The number of nitrogens with zero attached hydrogens (tertiary/aromatic N) is 1. The van der Waals surface area contributed by atoms with Crippen LogP contribution < -0.4 is 5.32 Å². The van der Waals surface area contributed by atoms with Crippen LogP contribution in [0.5, 0.6) is 0 Å². The number of carbonyl (C=O) groups is 1. The normalized spacial score (nSPS) is 18.3. The zero-order valence-electron chi connectivity index (χ0n) is 12.5. The molecule has 1 aromatic rings. The fourth-order valence-corrected chi connectivity index (χ4v) is 2.35. The van der Waals surface area contributed by atoms with Gasteiger partial charge >= 0.3 is 5.97 Å². The molecule has 2 rings (SSSR count). The van der Waals surface area contributed by atoms with Gasteiger partial charge in [0.25, 0.3) is 0 Å². The maximum absolute atomic E-state index is 11.2. The van der Waals surface area contributed by atoms with Gasteiger partial charge in [0.15, 0.2) is 0 Å². The molecule has 120 valence electrons. The number of piperazine rings is 1. The Labute approximate surface area is 139 Å². The molecule has 1 aromatic carbocycles. The van der Waals surface area contributed by atoms with Crippen LogP contribution in [0.25, 0.3) is 0 Å². The summed E-state index contributed by atoms with van der Waals surface area (Å²) in [6.07, 6.45) is 0.348. The van der Waals surface area contributed by atoms with Gasteiger partial charge in [-0.15, -0.1) is 24.8 Å². The van der Waals surface area contributed by atoms with Gasteiger partial charge in [-0.3, -0.25) is 9.69 Å². The molecule has 0 aromatic heterocycles. The van der Waals surface area contributed by atoms with Crippen LogP contribution in [-0.4, -0.2) is 43.7 Å². The van der Waals surface area contributed by atoms with Gasteiger partial charge in [-0.1, -0.05) is 24.3 Å². The summed E-state index contributed by atoms with van der Waals surface area (Å²) < 4.78 is 4.67. The molecule has 0 spiro atoms. The fourth-order valence-electron chi connectivity index (χ4n) is 2.35. The molecule has 1 aliphatic rings. The lowest BCUT2D eigenvalue weighted by Gasteiger charge is -2.33. The van der Waals surface area contributed by atoms with Crippen molar-refractivity contribution in [3.8, 4) is 0 Å². The first-order chi connectivity index (χ1) is 9.19. The maximum Gasteiger partial charge on any atom is 0.309 e. The van der Waals surface area contributed by atoms with Crippen molar-refractivity contribution < 1.29 is 9.53 Å². The number of carbonyl (C=O) groups excluding carboxylic acids is 1. The van der Waals surface area contributed by atoms with E-state index in [4.69, 9.17) is 0 Å². The first-order valence-electron chi connectivity index (χ1n) is 6.78. The van der Waals surface area contributed by atoms with E-state index in [0.717, 1.165) is 31.7 Å². The van der Waals surface area contributed by atoms with E-state index in [1.54, 1.807) is 0 Å². The number of nitrogens with one attached hydrogen (secondary N) is 1. The highest BCUT2D eigenvalue weighted by atomic mass is 35.5. The second-order valence-corrected chi connectivity index (χ2v) is 5.09. The number of halogens is 2. The van der Waals surface area contributed by atoms with E-state index in [0.29, 0.717) is 12.5 Å². The Balaban J connectivity index is 0.00000200. The van der Waals surface area contributed by atoms with Crippen molar-refractivity contribution in [1.29, 1.82) is 0 Å². The summed E-state index contributed by atoms with van der Waals surface area (Å²) in [6.45, 7) is 6.43. The predicted octanol–water partition coefficient (Wildman–Crippen LogP) is 2.04. The molecule has 0 unspecified atom stereocenters. The Bertz CT molecular complexity index is 426. The highest BCUT2D eigenvalue weighted by Crippen LogP contribution is 2.12. The minimum Gasteiger partial charge on any atom is -0.469 e. The van der Waals surface area contributed by atoms with Crippen LogP contribution >= 0.6 is 24.8 Å². The van der Waals surface area contributed by atoms with E-state index in [9.17, 15) is 4.79 Å². The van der Waals surface area contributed by atoms with E-state index in [1.165, 1.54) is 12.7 Å². The molecule has 1 aliphatic heterocycles. The van der Waals surface area contributed by atoms with E-state index >= 15 is 0 Å². The second-order valence-electron chi connectivity index (χ2n) is 5.09. The number of hydrogen-bond acceptors (Lipinski definition) is 4. The SMILES string of the molecule is COC(=O)Cc1ccc(CN2CCNC[C@@H]2C)cc1.Cl.Cl. The van der Waals surface area contributed by atoms with Gasteiger partial charge < -0.3 is 10.1 Å². The number of hydrogen-bond donors (Lipinski definition) is 1. The molecule has 0 amide bonds. The lowest BCUT2D eigenvalue weighted by atomic mass is 10.1. The highest BCUT2D eigenvalue weighted by molar-refractivity contribution is 5.85. The summed E-state index contributed by atoms with van der Waals surface area (Å²) in [7, 11) is 1.42. The first kappa shape index (κ1) is 20.2. The summed E-state index contributed by atoms with van der Waals surface area (Å²) in [4.78, 5) is 13.7. The lowest BCUT2D eigenvalue weighted by molar-refractivity contribution is -0.139. The second kappa shape index (κ2) is 10.0. The lowest BCUT2D eigenvalue weighted by Crippen LogP contribution is -2.49. The monoisotopic (exact) mass is 334 g/mol. The van der Waals surface area contributed by atoms with E-state index in [1.807, 2.05) is 12.1 Å². The quantitative estimate of drug-likeness (QED) is 0.855. The third-order valence-corrected chi connectivity index (χ3v) is 3.62. The van der Waals surface area contributed by atoms with Crippen LogP contribution in [-0.2, 0) is 22.5 Å². The molecule has 21 heavy (non-hydrogen) atoms. The molecule has 0 aliphatic carbocycles. The predicted molar refractivity (Wildman–Crippen MR) is 89.4 cm³/mol. The van der Waals surface area contributed by atoms with Gasteiger partial charge in [0.2, 0.25) is 0 Å². The van der Waals surface area contributed by atoms with Gasteiger partial charge in [0.1, 0.15) is 0 Å². The Hall–Kier alpha value is -0.810. The third-order valence-electron chi connectivity index (χ3n) is 3.62. The molecular formula is C15H24Cl2N2O2. The van der Waals surface area contributed by atoms with Crippen molar-refractivity contribution in [1.82, 2.24) is 10.2 Å². The van der Waals surface area contributed by atoms with Crippen molar-refractivity contribution in [3.05, 3.63) is 35.4 Å².